The number of hydrogen-bond acceptors (Lipinski definition) is 4. The molecule has 2 aromatic heterocycles. The summed E-state index contributed by atoms with van der Waals surface area (Å²) in [7, 11) is 0. The average Bonchev–Trinajstić information content (AvgIpc) is 3.05. The Morgan fingerprint density at radius 2 is 2.09 bits per heavy atom. The third kappa shape index (κ3) is 2.63. The van der Waals surface area contributed by atoms with Gasteiger partial charge in [0.05, 0.1) is 17.2 Å². The van der Waals surface area contributed by atoms with Crippen LogP contribution in [0, 0.1) is 6.92 Å². The molecular weight excluding hydrogens is 282 g/mol. The maximum Gasteiger partial charge on any atom is 0.287 e. The van der Waals surface area contributed by atoms with Gasteiger partial charge in [0.15, 0.2) is 5.76 Å². The molecule has 0 atom stereocenters. The van der Waals surface area contributed by atoms with Crippen LogP contribution in [0.4, 0.5) is 0 Å². The minimum Gasteiger partial charge on any atom is -0.459 e. The summed E-state index contributed by atoms with van der Waals surface area (Å²) >= 11 is 0. The monoisotopic (exact) mass is 297 g/mol. The van der Waals surface area contributed by atoms with Gasteiger partial charge in [-0.05, 0) is 31.2 Å². The lowest BCUT2D eigenvalue weighted by Crippen LogP contribution is -2.32. The highest BCUT2D eigenvalue weighted by Gasteiger charge is 2.10. The first-order chi connectivity index (χ1) is 10.7. The molecule has 6 heteroatoms. The molecule has 1 aromatic carbocycles. The Morgan fingerprint density at radius 1 is 1.27 bits per heavy atom. The maximum atomic E-state index is 12.4. The van der Waals surface area contributed by atoms with E-state index in [0.29, 0.717) is 29.8 Å². The molecule has 0 aliphatic carbocycles. The summed E-state index contributed by atoms with van der Waals surface area (Å²) in [4.78, 5) is 28.6. The largest absolute Gasteiger partial charge is 0.459 e. The third-order valence-electron chi connectivity index (χ3n) is 3.42. The number of fused-ring (bicyclic) bond motifs is 1. The van der Waals surface area contributed by atoms with E-state index in [9.17, 15) is 9.59 Å². The molecule has 0 radical (unpaired) electrons. The van der Waals surface area contributed by atoms with Gasteiger partial charge in [-0.25, -0.2) is 4.98 Å². The van der Waals surface area contributed by atoms with Gasteiger partial charge in [0.1, 0.15) is 5.82 Å². The normalized spacial score (nSPS) is 10.8. The van der Waals surface area contributed by atoms with Crippen LogP contribution in [-0.4, -0.2) is 22.0 Å². The van der Waals surface area contributed by atoms with E-state index in [4.69, 9.17) is 4.42 Å². The van der Waals surface area contributed by atoms with E-state index in [1.54, 1.807) is 29.7 Å². The van der Waals surface area contributed by atoms with Gasteiger partial charge in [0.25, 0.3) is 11.5 Å². The van der Waals surface area contributed by atoms with E-state index >= 15 is 0 Å². The van der Waals surface area contributed by atoms with E-state index in [0.717, 1.165) is 0 Å². The zero-order valence-electron chi connectivity index (χ0n) is 12.1. The summed E-state index contributed by atoms with van der Waals surface area (Å²) in [5.74, 6) is 0.570. The zero-order chi connectivity index (χ0) is 15.5. The summed E-state index contributed by atoms with van der Waals surface area (Å²) in [5, 5.41) is 3.29. The fourth-order valence-corrected chi connectivity index (χ4v) is 2.32. The first kappa shape index (κ1) is 14.1. The first-order valence-electron chi connectivity index (χ1n) is 6.94. The van der Waals surface area contributed by atoms with E-state index in [-0.39, 0.29) is 17.2 Å². The van der Waals surface area contributed by atoms with Crippen LogP contribution in [-0.2, 0) is 6.54 Å². The molecule has 3 rings (SSSR count). The second kappa shape index (κ2) is 5.85. The molecule has 0 spiro atoms. The molecule has 2 heterocycles. The van der Waals surface area contributed by atoms with Crippen molar-refractivity contribution in [1.82, 2.24) is 14.9 Å². The lowest BCUT2D eigenvalue weighted by molar-refractivity contribution is 0.0924. The van der Waals surface area contributed by atoms with Crippen LogP contribution < -0.4 is 10.9 Å². The van der Waals surface area contributed by atoms with Crippen LogP contribution in [0.3, 0.4) is 0 Å². The van der Waals surface area contributed by atoms with E-state index in [1.165, 1.54) is 6.26 Å². The molecule has 0 unspecified atom stereocenters. The molecule has 0 saturated carbocycles. The van der Waals surface area contributed by atoms with Crippen LogP contribution >= 0.6 is 0 Å². The Hall–Kier alpha value is -2.89. The molecule has 1 N–H and O–H groups in total. The van der Waals surface area contributed by atoms with Gasteiger partial charge >= 0.3 is 0 Å². The number of hydrogen-bond donors (Lipinski definition) is 1. The number of para-hydroxylation sites is 1. The quantitative estimate of drug-likeness (QED) is 0.795. The molecule has 112 valence electrons. The van der Waals surface area contributed by atoms with Crippen molar-refractivity contribution < 1.29 is 9.21 Å². The highest BCUT2D eigenvalue weighted by atomic mass is 16.3. The van der Waals surface area contributed by atoms with Crippen LogP contribution in [0.1, 0.15) is 16.4 Å². The Labute approximate surface area is 126 Å². The number of carbonyl (C=O) groups excluding carboxylic acids is 1. The van der Waals surface area contributed by atoms with Crippen LogP contribution in [0.2, 0.25) is 0 Å². The number of aryl methyl sites for hydroxylation is 1. The highest BCUT2D eigenvalue weighted by Crippen LogP contribution is 2.07. The van der Waals surface area contributed by atoms with Gasteiger partial charge in [-0.15, -0.1) is 0 Å². The number of benzene rings is 1. The van der Waals surface area contributed by atoms with Crippen molar-refractivity contribution in [3.63, 3.8) is 0 Å². The van der Waals surface area contributed by atoms with Gasteiger partial charge in [0.2, 0.25) is 0 Å². The molecule has 6 nitrogen and oxygen atoms in total. The Balaban J connectivity index is 1.77. The van der Waals surface area contributed by atoms with Crippen molar-refractivity contribution >= 4 is 16.8 Å². The van der Waals surface area contributed by atoms with Gasteiger partial charge < -0.3 is 9.73 Å². The summed E-state index contributed by atoms with van der Waals surface area (Å²) < 4.78 is 6.57. The van der Waals surface area contributed by atoms with Crippen molar-refractivity contribution in [2.75, 3.05) is 6.54 Å². The molecule has 22 heavy (non-hydrogen) atoms. The van der Waals surface area contributed by atoms with Crippen molar-refractivity contribution in [3.8, 4) is 0 Å². The number of aromatic nitrogens is 2. The number of rotatable bonds is 4. The average molecular weight is 297 g/mol. The summed E-state index contributed by atoms with van der Waals surface area (Å²) in [5.41, 5.74) is 0.580. The van der Waals surface area contributed by atoms with E-state index < -0.39 is 0 Å². The van der Waals surface area contributed by atoms with Crippen LogP contribution in [0.15, 0.2) is 51.9 Å². The van der Waals surface area contributed by atoms with E-state index in [2.05, 4.69) is 10.3 Å². The maximum absolute atomic E-state index is 12.4. The molecule has 1 amide bonds. The topological polar surface area (TPSA) is 77.1 Å². The molecule has 0 bridgehead atoms. The minimum absolute atomic E-state index is 0.102. The zero-order valence-corrected chi connectivity index (χ0v) is 12.1. The first-order valence-corrected chi connectivity index (χ1v) is 6.94. The molecular formula is C16H15N3O3. The predicted octanol–water partition coefficient (Wildman–Crippen LogP) is 1.73. The Morgan fingerprint density at radius 3 is 2.86 bits per heavy atom. The van der Waals surface area contributed by atoms with Gasteiger partial charge in [0, 0.05) is 13.1 Å². The molecule has 0 aliphatic heterocycles. The van der Waals surface area contributed by atoms with Gasteiger partial charge in [-0.2, -0.15) is 0 Å². The van der Waals surface area contributed by atoms with Crippen molar-refractivity contribution in [2.45, 2.75) is 13.5 Å². The lowest BCUT2D eigenvalue weighted by Gasteiger charge is -2.11. The van der Waals surface area contributed by atoms with E-state index in [1.807, 2.05) is 18.2 Å². The van der Waals surface area contributed by atoms with Gasteiger partial charge in [-0.1, -0.05) is 12.1 Å². The fourth-order valence-electron chi connectivity index (χ4n) is 2.32. The third-order valence-corrected chi connectivity index (χ3v) is 3.42. The molecule has 0 aliphatic rings. The number of carbonyl (C=O) groups is 1. The molecule has 0 fully saturated rings. The molecule has 0 saturated heterocycles. The fraction of sp³-hybridized carbons (Fsp3) is 0.188. The lowest BCUT2D eigenvalue weighted by atomic mass is 10.2. The SMILES string of the molecule is Cc1nc2ccccc2c(=O)n1CCNC(=O)c1ccco1. The standard InChI is InChI=1S/C16H15N3O3/c1-11-18-13-6-3-2-5-12(13)16(21)19(11)9-8-17-15(20)14-7-4-10-22-14/h2-7,10H,8-9H2,1H3,(H,17,20). The highest BCUT2D eigenvalue weighted by molar-refractivity contribution is 5.91. The summed E-state index contributed by atoms with van der Waals surface area (Å²) in [6.45, 7) is 2.46. The van der Waals surface area contributed by atoms with Gasteiger partial charge in [-0.3, -0.25) is 14.2 Å². The predicted molar refractivity (Wildman–Crippen MR) is 81.8 cm³/mol. The summed E-state index contributed by atoms with van der Waals surface area (Å²) in [6, 6.07) is 10.5. The smallest absolute Gasteiger partial charge is 0.287 e. The van der Waals surface area contributed by atoms with Crippen LogP contribution in [0.5, 0.6) is 0 Å². The van der Waals surface area contributed by atoms with Crippen LogP contribution in [0.25, 0.3) is 10.9 Å². The number of nitrogens with one attached hydrogen (secondary N) is 1. The van der Waals surface area contributed by atoms with Crippen molar-refractivity contribution in [2.24, 2.45) is 0 Å². The second-order valence-electron chi connectivity index (χ2n) is 4.87. The van der Waals surface area contributed by atoms with Crippen molar-refractivity contribution in [3.05, 3.63) is 64.6 Å². The Bertz CT molecular complexity index is 866. The summed E-state index contributed by atoms with van der Waals surface area (Å²) in [6.07, 6.45) is 1.44. The number of amides is 1. The second-order valence-corrected chi connectivity index (χ2v) is 4.87. The Kier molecular flexibility index (Phi) is 3.74. The minimum atomic E-state index is -0.301. The van der Waals surface area contributed by atoms with Crippen molar-refractivity contribution in [1.29, 1.82) is 0 Å². The molecule has 3 aromatic rings. The number of furan rings is 1. The number of nitrogens with zero attached hydrogens (tertiary/aromatic N) is 2.